The Hall–Kier alpha value is -2.76. The van der Waals surface area contributed by atoms with Gasteiger partial charge in [0.15, 0.2) is 0 Å². The molecular weight excluding hydrogens is 500 g/mol. The van der Waals surface area contributed by atoms with Crippen molar-refractivity contribution in [2.45, 2.75) is 41.8 Å². The van der Waals surface area contributed by atoms with Gasteiger partial charge in [0.25, 0.3) is 0 Å². The molecule has 1 atom stereocenters. The van der Waals surface area contributed by atoms with E-state index in [1.165, 1.54) is 28.6 Å². The lowest BCUT2D eigenvalue weighted by atomic mass is 10.2. The van der Waals surface area contributed by atoms with Gasteiger partial charge in [-0.05, 0) is 60.4 Å². The van der Waals surface area contributed by atoms with Crippen LogP contribution in [0.2, 0.25) is 0 Å². The lowest BCUT2D eigenvalue weighted by Gasteiger charge is -2.23. The van der Waals surface area contributed by atoms with Crippen LogP contribution in [0.25, 0.3) is 0 Å². The van der Waals surface area contributed by atoms with E-state index in [-0.39, 0.29) is 35.5 Å². The van der Waals surface area contributed by atoms with Crippen LogP contribution in [-0.4, -0.2) is 47.5 Å². The molecule has 0 bridgehead atoms. The van der Waals surface area contributed by atoms with Crippen molar-refractivity contribution in [3.63, 3.8) is 0 Å². The number of nitrogens with zero attached hydrogens (tertiary/aromatic N) is 1. The van der Waals surface area contributed by atoms with Gasteiger partial charge in [-0.3, -0.25) is 0 Å². The zero-order valence-corrected chi connectivity index (χ0v) is 21.7. The van der Waals surface area contributed by atoms with Gasteiger partial charge in [0, 0.05) is 26.2 Å². The number of methoxy groups -OCH3 is 1. The lowest BCUT2D eigenvalue weighted by molar-refractivity contribution is 0.114. The normalized spacial score (nSPS) is 16.3. The average Bonchev–Trinajstić information content (AvgIpc) is 3.42. The van der Waals surface area contributed by atoms with Gasteiger partial charge < -0.3 is 9.47 Å². The molecule has 36 heavy (non-hydrogen) atoms. The largest absolute Gasteiger partial charge is 0.497 e. The minimum Gasteiger partial charge on any atom is -0.497 e. The van der Waals surface area contributed by atoms with Crippen LogP contribution in [0.4, 0.5) is 0 Å². The molecule has 3 aromatic rings. The number of sulfonamides is 2. The topological polar surface area (TPSA) is 102 Å². The minimum absolute atomic E-state index is 0.00171. The van der Waals surface area contributed by atoms with Crippen molar-refractivity contribution >= 4 is 20.0 Å². The zero-order valence-electron chi connectivity index (χ0n) is 20.0. The van der Waals surface area contributed by atoms with E-state index in [4.69, 9.17) is 9.47 Å². The summed E-state index contributed by atoms with van der Waals surface area (Å²) in [5, 5.41) is 0. The number of benzene rings is 3. The first kappa shape index (κ1) is 26.3. The van der Waals surface area contributed by atoms with E-state index < -0.39 is 20.0 Å². The van der Waals surface area contributed by atoms with Gasteiger partial charge in [0.1, 0.15) is 5.75 Å². The van der Waals surface area contributed by atoms with Crippen molar-refractivity contribution in [2.75, 3.05) is 20.3 Å². The summed E-state index contributed by atoms with van der Waals surface area (Å²) in [5.41, 5.74) is 1.60. The first-order chi connectivity index (χ1) is 17.3. The standard InChI is InChI=1S/C26H30N2O6S2/c1-33-23-10-5-9-22(17-23)20-28(19-21-7-3-2-4-8-21)36(31,32)26-14-12-25(13-15-26)35(29,30)27-18-24-11-6-16-34-24/h2-5,7-10,12-15,17,24,27H,6,11,16,18-20H2,1H3/t24-/m1/s1. The van der Waals surface area contributed by atoms with Crippen LogP contribution in [0, 0.1) is 0 Å². The molecule has 1 heterocycles. The summed E-state index contributed by atoms with van der Waals surface area (Å²) in [6.45, 7) is 1.10. The maximum Gasteiger partial charge on any atom is 0.243 e. The van der Waals surface area contributed by atoms with Gasteiger partial charge in [-0.1, -0.05) is 42.5 Å². The van der Waals surface area contributed by atoms with Crippen LogP contribution in [0.5, 0.6) is 5.75 Å². The average molecular weight is 531 g/mol. The highest BCUT2D eigenvalue weighted by molar-refractivity contribution is 7.89. The number of rotatable bonds is 11. The van der Waals surface area contributed by atoms with Crippen LogP contribution in [0.1, 0.15) is 24.0 Å². The molecule has 1 aliphatic heterocycles. The highest BCUT2D eigenvalue weighted by atomic mass is 32.2. The summed E-state index contributed by atoms with van der Waals surface area (Å²) in [4.78, 5) is 0.0151. The summed E-state index contributed by atoms with van der Waals surface area (Å²) < 4.78 is 67.4. The molecule has 1 saturated heterocycles. The molecule has 1 aliphatic rings. The molecule has 0 unspecified atom stereocenters. The molecule has 10 heteroatoms. The van der Waals surface area contributed by atoms with Crippen molar-refractivity contribution in [3.05, 3.63) is 90.0 Å². The van der Waals surface area contributed by atoms with Gasteiger partial charge in [0.05, 0.1) is 23.0 Å². The van der Waals surface area contributed by atoms with Gasteiger partial charge in [-0.25, -0.2) is 21.6 Å². The van der Waals surface area contributed by atoms with E-state index in [0.717, 1.165) is 24.0 Å². The third kappa shape index (κ3) is 6.51. The molecule has 0 aromatic heterocycles. The molecule has 0 aliphatic carbocycles. The number of nitrogens with one attached hydrogen (secondary N) is 1. The molecule has 0 spiro atoms. The van der Waals surface area contributed by atoms with Crippen LogP contribution < -0.4 is 9.46 Å². The van der Waals surface area contributed by atoms with Gasteiger partial charge in [-0.2, -0.15) is 4.31 Å². The maximum atomic E-state index is 13.7. The molecule has 1 fully saturated rings. The van der Waals surface area contributed by atoms with Crippen LogP contribution >= 0.6 is 0 Å². The lowest BCUT2D eigenvalue weighted by Crippen LogP contribution is -2.32. The van der Waals surface area contributed by atoms with E-state index in [2.05, 4.69) is 4.72 Å². The fourth-order valence-corrected chi connectivity index (χ4v) is 6.50. The van der Waals surface area contributed by atoms with Crippen molar-refractivity contribution in [2.24, 2.45) is 0 Å². The Morgan fingerprint density at radius 1 is 0.889 bits per heavy atom. The molecule has 4 rings (SSSR count). The first-order valence-electron chi connectivity index (χ1n) is 11.7. The molecule has 0 saturated carbocycles. The van der Waals surface area contributed by atoms with Crippen LogP contribution in [0.15, 0.2) is 88.7 Å². The Morgan fingerprint density at radius 2 is 1.56 bits per heavy atom. The van der Waals surface area contributed by atoms with E-state index in [0.29, 0.717) is 12.4 Å². The number of hydrogen-bond acceptors (Lipinski definition) is 6. The molecule has 0 radical (unpaired) electrons. The third-order valence-corrected chi connectivity index (χ3v) is 9.24. The third-order valence-electron chi connectivity index (χ3n) is 5.99. The second-order valence-electron chi connectivity index (χ2n) is 8.57. The highest BCUT2D eigenvalue weighted by Crippen LogP contribution is 2.24. The van der Waals surface area contributed by atoms with Gasteiger partial charge in [0.2, 0.25) is 20.0 Å². The molecule has 1 N–H and O–H groups in total. The maximum absolute atomic E-state index is 13.7. The summed E-state index contributed by atoms with van der Waals surface area (Å²) in [6.07, 6.45) is 1.58. The fraction of sp³-hybridized carbons (Fsp3) is 0.308. The Bertz CT molecular complexity index is 1360. The molecule has 0 amide bonds. The molecule has 8 nitrogen and oxygen atoms in total. The van der Waals surface area contributed by atoms with Crippen molar-refractivity contribution in [3.8, 4) is 5.75 Å². The fourth-order valence-electron chi connectivity index (χ4n) is 4.02. The second-order valence-corrected chi connectivity index (χ2v) is 12.3. The first-order valence-corrected chi connectivity index (χ1v) is 14.6. The van der Waals surface area contributed by atoms with Crippen molar-refractivity contribution < 1.29 is 26.3 Å². The molecule has 3 aromatic carbocycles. The van der Waals surface area contributed by atoms with Gasteiger partial charge >= 0.3 is 0 Å². The van der Waals surface area contributed by atoms with Crippen LogP contribution in [0.3, 0.4) is 0 Å². The SMILES string of the molecule is COc1cccc(CN(Cc2ccccc2)S(=O)(=O)c2ccc(S(=O)(=O)NC[C@H]3CCCO3)cc2)c1. The zero-order chi connectivity index (χ0) is 25.6. The Morgan fingerprint density at radius 3 is 2.22 bits per heavy atom. The van der Waals surface area contributed by atoms with Gasteiger partial charge in [-0.15, -0.1) is 0 Å². The quantitative estimate of drug-likeness (QED) is 0.407. The predicted molar refractivity (Wildman–Crippen MR) is 136 cm³/mol. The Kier molecular flexibility index (Phi) is 8.43. The second kappa shape index (κ2) is 11.5. The monoisotopic (exact) mass is 530 g/mol. The summed E-state index contributed by atoms with van der Waals surface area (Å²) >= 11 is 0. The summed E-state index contributed by atoms with van der Waals surface area (Å²) in [7, 11) is -6.18. The van der Waals surface area contributed by atoms with Crippen molar-refractivity contribution in [1.29, 1.82) is 0 Å². The number of hydrogen-bond donors (Lipinski definition) is 1. The van der Waals surface area contributed by atoms with Crippen LogP contribution in [-0.2, 0) is 37.9 Å². The van der Waals surface area contributed by atoms with E-state index in [1.54, 1.807) is 19.2 Å². The number of ether oxygens (including phenoxy) is 2. The van der Waals surface area contributed by atoms with E-state index in [1.807, 2.05) is 42.5 Å². The Labute approximate surface area is 213 Å². The Balaban J connectivity index is 1.57. The van der Waals surface area contributed by atoms with E-state index in [9.17, 15) is 16.8 Å². The van der Waals surface area contributed by atoms with Crippen molar-refractivity contribution in [1.82, 2.24) is 9.03 Å². The molecular formula is C26H30N2O6S2. The highest BCUT2D eigenvalue weighted by Gasteiger charge is 2.26. The molecule has 192 valence electrons. The smallest absolute Gasteiger partial charge is 0.243 e. The predicted octanol–water partition coefficient (Wildman–Crippen LogP) is 3.54. The summed E-state index contributed by atoms with van der Waals surface area (Å²) in [5.74, 6) is 0.634. The minimum atomic E-state index is -3.95. The summed E-state index contributed by atoms with van der Waals surface area (Å²) in [6, 6.07) is 21.9. The van der Waals surface area contributed by atoms with E-state index >= 15 is 0 Å².